The minimum Gasteiger partial charge on any atom is -0.289 e. The van der Waals surface area contributed by atoms with Crippen LogP contribution in [0.15, 0.2) is 152 Å². The molecule has 0 bridgehead atoms. The van der Waals surface area contributed by atoms with Gasteiger partial charge in [-0.05, 0) is 39.4 Å². The Kier molecular flexibility index (Phi) is 6.92. The number of benzene rings is 6. The van der Waals surface area contributed by atoms with Gasteiger partial charge in [-0.2, -0.15) is 0 Å². The normalized spacial score (nSPS) is 13.1. The summed E-state index contributed by atoms with van der Waals surface area (Å²) in [6, 6.07) is 51.1. The third-order valence-corrected chi connectivity index (χ3v) is 9.18. The van der Waals surface area contributed by atoms with Crippen LogP contribution < -0.4 is 0 Å². The molecule has 4 heteroatoms. The van der Waals surface area contributed by atoms with Crippen LogP contribution in [0.2, 0.25) is 0 Å². The van der Waals surface area contributed by atoms with Crippen molar-refractivity contribution in [1.29, 1.82) is 0 Å². The van der Waals surface area contributed by atoms with Crippen LogP contribution in [0.1, 0.15) is 40.9 Å². The first kappa shape index (κ1) is 28.5. The fourth-order valence-electron chi connectivity index (χ4n) is 6.67. The molecule has 0 radical (unpaired) electrons. The van der Waals surface area contributed by atoms with Gasteiger partial charge < -0.3 is 0 Å². The summed E-state index contributed by atoms with van der Waals surface area (Å²) in [5.41, 5.74) is 10.4. The number of rotatable bonds is 5. The summed E-state index contributed by atoms with van der Waals surface area (Å²) in [6.45, 7) is 4.39. The fourth-order valence-corrected chi connectivity index (χ4v) is 6.67. The highest BCUT2D eigenvalue weighted by Gasteiger charge is 2.36. The quantitative estimate of drug-likeness (QED) is 0.196. The molecule has 1 aliphatic rings. The van der Waals surface area contributed by atoms with E-state index < -0.39 is 0 Å². The SMILES string of the molecule is CC1(C)c2ccccc2C(=O)c2cc(-c3ccc(-c4ccccc4-c4nc(-c5ccccc5)nc(-c5ccccc5)n4)cc3)ccc21. The Bertz CT molecular complexity index is 2220. The average molecular weight is 606 g/mol. The minimum atomic E-state index is -0.248. The number of carbonyl (C=O) groups excluding carboxylic acids is 1. The third kappa shape index (κ3) is 5.04. The summed E-state index contributed by atoms with van der Waals surface area (Å²) in [7, 11) is 0. The van der Waals surface area contributed by atoms with Crippen molar-refractivity contribution in [3.63, 3.8) is 0 Å². The van der Waals surface area contributed by atoms with Crippen LogP contribution in [-0.2, 0) is 5.41 Å². The number of carbonyl (C=O) groups is 1. The first-order valence-corrected chi connectivity index (χ1v) is 15.8. The second-order valence-corrected chi connectivity index (χ2v) is 12.4. The Hall–Kier alpha value is -6.00. The van der Waals surface area contributed by atoms with Crippen molar-refractivity contribution < 1.29 is 4.79 Å². The van der Waals surface area contributed by atoms with Gasteiger partial charge in [-0.25, -0.2) is 15.0 Å². The molecular formula is C43H31N3O. The second-order valence-electron chi connectivity index (χ2n) is 12.4. The molecule has 0 saturated carbocycles. The minimum absolute atomic E-state index is 0.0874. The smallest absolute Gasteiger partial charge is 0.193 e. The maximum absolute atomic E-state index is 13.6. The lowest BCUT2D eigenvalue weighted by Crippen LogP contribution is -2.30. The van der Waals surface area contributed by atoms with E-state index in [4.69, 9.17) is 15.0 Å². The van der Waals surface area contributed by atoms with Crippen LogP contribution in [0.25, 0.3) is 56.4 Å². The first-order chi connectivity index (χ1) is 23.0. The van der Waals surface area contributed by atoms with Crippen molar-refractivity contribution in [1.82, 2.24) is 15.0 Å². The molecule has 6 aromatic carbocycles. The van der Waals surface area contributed by atoms with Gasteiger partial charge in [0.25, 0.3) is 0 Å². The summed E-state index contributed by atoms with van der Waals surface area (Å²) in [5, 5.41) is 0. The molecule has 0 atom stereocenters. The van der Waals surface area contributed by atoms with E-state index in [-0.39, 0.29) is 11.2 Å². The van der Waals surface area contributed by atoms with Crippen LogP contribution in [0.5, 0.6) is 0 Å². The van der Waals surface area contributed by atoms with E-state index in [9.17, 15) is 4.79 Å². The van der Waals surface area contributed by atoms with E-state index >= 15 is 0 Å². The Morgan fingerprint density at radius 2 is 0.851 bits per heavy atom. The Morgan fingerprint density at radius 3 is 1.49 bits per heavy atom. The highest BCUT2D eigenvalue weighted by molar-refractivity contribution is 6.13. The Morgan fingerprint density at radius 1 is 0.383 bits per heavy atom. The van der Waals surface area contributed by atoms with Gasteiger partial charge in [0.2, 0.25) is 0 Å². The summed E-state index contributed by atoms with van der Waals surface area (Å²) >= 11 is 0. The van der Waals surface area contributed by atoms with Gasteiger partial charge in [-0.3, -0.25) is 4.79 Å². The molecular weight excluding hydrogens is 574 g/mol. The molecule has 47 heavy (non-hydrogen) atoms. The predicted molar refractivity (Wildman–Crippen MR) is 189 cm³/mol. The number of hydrogen-bond donors (Lipinski definition) is 0. The van der Waals surface area contributed by atoms with Crippen molar-refractivity contribution in [3.8, 4) is 56.4 Å². The van der Waals surface area contributed by atoms with Crippen molar-refractivity contribution in [3.05, 3.63) is 174 Å². The molecule has 0 fully saturated rings. The van der Waals surface area contributed by atoms with Crippen LogP contribution in [0.4, 0.5) is 0 Å². The molecule has 4 nitrogen and oxygen atoms in total. The van der Waals surface area contributed by atoms with Gasteiger partial charge >= 0.3 is 0 Å². The molecule has 7 aromatic rings. The van der Waals surface area contributed by atoms with Gasteiger partial charge in [0, 0.05) is 33.2 Å². The molecule has 224 valence electrons. The molecule has 1 aliphatic carbocycles. The largest absolute Gasteiger partial charge is 0.289 e. The highest BCUT2D eigenvalue weighted by Crippen LogP contribution is 2.42. The van der Waals surface area contributed by atoms with Crippen LogP contribution in [-0.4, -0.2) is 20.7 Å². The van der Waals surface area contributed by atoms with Gasteiger partial charge in [-0.15, -0.1) is 0 Å². The van der Waals surface area contributed by atoms with Crippen LogP contribution in [0.3, 0.4) is 0 Å². The van der Waals surface area contributed by atoms with Crippen molar-refractivity contribution in [2.75, 3.05) is 0 Å². The van der Waals surface area contributed by atoms with Gasteiger partial charge in [0.15, 0.2) is 23.3 Å². The molecule has 0 spiro atoms. The lowest BCUT2D eigenvalue weighted by Gasteiger charge is -2.34. The van der Waals surface area contributed by atoms with Crippen molar-refractivity contribution in [2.45, 2.75) is 19.3 Å². The average Bonchev–Trinajstić information content (AvgIpc) is 3.14. The molecule has 0 amide bonds. The van der Waals surface area contributed by atoms with E-state index in [1.165, 1.54) is 0 Å². The monoisotopic (exact) mass is 605 g/mol. The van der Waals surface area contributed by atoms with Crippen LogP contribution in [0, 0.1) is 0 Å². The fraction of sp³-hybridized carbons (Fsp3) is 0.0698. The van der Waals surface area contributed by atoms with E-state index in [1.54, 1.807) is 0 Å². The number of aromatic nitrogens is 3. The summed E-state index contributed by atoms with van der Waals surface area (Å²) in [4.78, 5) is 28.4. The number of hydrogen-bond acceptors (Lipinski definition) is 4. The zero-order valence-corrected chi connectivity index (χ0v) is 26.2. The lowest BCUT2D eigenvalue weighted by atomic mass is 9.68. The van der Waals surface area contributed by atoms with Crippen molar-refractivity contribution in [2.24, 2.45) is 0 Å². The molecule has 0 N–H and O–H groups in total. The van der Waals surface area contributed by atoms with E-state index in [2.05, 4.69) is 74.5 Å². The summed E-state index contributed by atoms with van der Waals surface area (Å²) in [6.07, 6.45) is 0. The van der Waals surface area contributed by atoms with Gasteiger partial charge in [0.1, 0.15) is 0 Å². The Balaban J connectivity index is 1.18. The first-order valence-electron chi connectivity index (χ1n) is 15.8. The Labute approximate surface area is 274 Å². The van der Waals surface area contributed by atoms with Crippen molar-refractivity contribution >= 4 is 5.78 Å². The lowest BCUT2D eigenvalue weighted by molar-refractivity contribution is 0.103. The van der Waals surface area contributed by atoms with E-state index in [1.807, 2.05) is 91.0 Å². The van der Waals surface area contributed by atoms with Crippen LogP contribution >= 0.6 is 0 Å². The predicted octanol–water partition coefficient (Wildman–Crippen LogP) is 10.1. The number of ketones is 1. The zero-order chi connectivity index (χ0) is 32.0. The molecule has 8 rings (SSSR count). The third-order valence-electron chi connectivity index (χ3n) is 9.18. The molecule has 1 heterocycles. The number of nitrogens with zero attached hydrogens (tertiary/aromatic N) is 3. The van der Waals surface area contributed by atoms with E-state index in [0.29, 0.717) is 17.5 Å². The molecule has 0 unspecified atom stereocenters. The topological polar surface area (TPSA) is 55.7 Å². The number of fused-ring (bicyclic) bond motifs is 2. The second kappa shape index (κ2) is 11.4. The zero-order valence-electron chi connectivity index (χ0n) is 26.2. The molecule has 0 saturated heterocycles. The summed E-state index contributed by atoms with van der Waals surface area (Å²) < 4.78 is 0. The van der Waals surface area contributed by atoms with E-state index in [0.717, 1.165) is 61.2 Å². The maximum Gasteiger partial charge on any atom is 0.193 e. The van der Waals surface area contributed by atoms with Gasteiger partial charge in [0.05, 0.1) is 0 Å². The highest BCUT2D eigenvalue weighted by atomic mass is 16.1. The molecule has 1 aromatic heterocycles. The summed E-state index contributed by atoms with van der Waals surface area (Å²) in [5.74, 6) is 1.97. The van der Waals surface area contributed by atoms with Gasteiger partial charge in [-0.1, -0.05) is 159 Å². The maximum atomic E-state index is 13.6. The molecule has 0 aliphatic heterocycles. The standard InChI is InChI=1S/C43H31N3O/c1-43(2)37-20-12-11-19-35(37)39(47)36-27-32(25-26-38(36)43)28-21-23-29(24-22-28)33-17-9-10-18-34(33)42-45-40(30-13-5-3-6-14-30)44-41(46-42)31-15-7-4-8-16-31/h3-27H,1-2H3.